The van der Waals surface area contributed by atoms with E-state index in [9.17, 15) is 9.59 Å². The van der Waals surface area contributed by atoms with Crippen molar-refractivity contribution in [3.63, 3.8) is 0 Å². The summed E-state index contributed by atoms with van der Waals surface area (Å²) in [6, 6.07) is 0. The lowest BCUT2D eigenvalue weighted by Gasteiger charge is -2.27. The highest BCUT2D eigenvalue weighted by Gasteiger charge is 2.31. The Hall–Kier alpha value is -1.80. The van der Waals surface area contributed by atoms with Crippen LogP contribution in [0.1, 0.15) is 37.1 Å². The average molecular weight is 364 g/mol. The third kappa shape index (κ3) is 4.18. The highest BCUT2D eigenvalue weighted by atomic mass is 32.1. The van der Waals surface area contributed by atoms with Crippen LogP contribution in [-0.4, -0.2) is 21.8 Å². The molecule has 3 rings (SSSR count). The Morgan fingerprint density at radius 2 is 1.42 bits per heavy atom. The molecule has 128 valence electrons. The second-order valence-electron chi connectivity index (χ2n) is 6.13. The summed E-state index contributed by atoms with van der Waals surface area (Å²) >= 11 is 2.85. The summed E-state index contributed by atoms with van der Waals surface area (Å²) in [7, 11) is 0. The average Bonchev–Trinajstić information content (AvgIpc) is 3.15. The van der Waals surface area contributed by atoms with Gasteiger partial charge in [-0.1, -0.05) is 6.42 Å². The highest BCUT2D eigenvalue weighted by Crippen LogP contribution is 2.31. The zero-order chi connectivity index (χ0) is 17.1. The number of aromatic nitrogens is 2. The molecule has 0 saturated heterocycles. The minimum atomic E-state index is -0.142. The molecule has 1 fully saturated rings. The minimum absolute atomic E-state index is 0.0352. The molecule has 2 atom stereocenters. The van der Waals surface area contributed by atoms with Crippen LogP contribution < -0.4 is 10.6 Å². The first-order valence-electron chi connectivity index (χ1n) is 7.97. The molecule has 6 nitrogen and oxygen atoms in total. The third-order valence-corrected chi connectivity index (χ3v) is 5.87. The predicted molar refractivity (Wildman–Crippen MR) is 96.4 cm³/mol. The lowest BCUT2D eigenvalue weighted by Crippen LogP contribution is -2.33. The van der Waals surface area contributed by atoms with Gasteiger partial charge in [-0.05, 0) is 33.1 Å². The van der Waals surface area contributed by atoms with E-state index in [1.165, 1.54) is 22.7 Å². The van der Waals surface area contributed by atoms with Crippen molar-refractivity contribution >= 4 is 44.8 Å². The Kier molecular flexibility index (Phi) is 5.25. The molecule has 2 aromatic rings. The number of thiazole rings is 2. The van der Waals surface area contributed by atoms with Crippen LogP contribution in [0.3, 0.4) is 0 Å². The molecule has 1 saturated carbocycles. The van der Waals surface area contributed by atoms with Crippen LogP contribution in [-0.2, 0) is 9.59 Å². The van der Waals surface area contributed by atoms with Crippen molar-refractivity contribution in [3.05, 3.63) is 22.1 Å². The van der Waals surface area contributed by atoms with E-state index in [-0.39, 0.29) is 23.7 Å². The maximum absolute atomic E-state index is 12.4. The van der Waals surface area contributed by atoms with E-state index in [2.05, 4.69) is 20.6 Å². The van der Waals surface area contributed by atoms with E-state index in [0.29, 0.717) is 16.7 Å². The largest absolute Gasteiger partial charge is 0.302 e. The van der Waals surface area contributed by atoms with Crippen LogP contribution in [0, 0.1) is 25.7 Å². The first-order valence-corrected chi connectivity index (χ1v) is 9.73. The van der Waals surface area contributed by atoms with E-state index in [1.807, 2.05) is 24.6 Å². The molecule has 2 N–H and O–H groups in total. The number of rotatable bonds is 4. The third-order valence-electron chi connectivity index (χ3n) is 4.11. The summed E-state index contributed by atoms with van der Waals surface area (Å²) in [6.45, 7) is 3.79. The van der Waals surface area contributed by atoms with Gasteiger partial charge in [-0.3, -0.25) is 9.59 Å². The van der Waals surface area contributed by atoms with Crippen LogP contribution in [0.25, 0.3) is 0 Å². The van der Waals surface area contributed by atoms with Gasteiger partial charge in [0, 0.05) is 22.6 Å². The molecule has 24 heavy (non-hydrogen) atoms. The SMILES string of the molecule is Cc1csc(NC(=O)C2CCCC(C(=O)Nc3nc(C)cs3)C2)n1. The van der Waals surface area contributed by atoms with E-state index < -0.39 is 0 Å². The van der Waals surface area contributed by atoms with Gasteiger partial charge in [-0.2, -0.15) is 0 Å². The zero-order valence-electron chi connectivity index (χ0n) is 13.7. The van der Waals surface area contributed by atoms with E-state index in [0.717, 1.165) is 30.7 Å². The highest BCUT2D eigenvalue weighted by molar-refractivity contribution is 7.14. The zero-order valence-corrected chi connectivity index (χ0v) is 15.3. The number of hydrogen-bond donors (Lipinski definition) is 2. The second-order valence-corrected chi connectivity index (χ2v) is 7.84. The number of hydrogen-bond acceptors (Lipinski definition) is 6. The van der Waals surface area contributed by atoms with Gasteiger partial charge in [0.2, 0.25) is 11.8 Å². The van der Waals surface area contributed by atoms with Crippen LogP contribution >= 0.6 is 22.7 Å². The van der Waals surface area contributed by atoms with Gasteiger partial charge >= 0.3 is 0 Å². The van der Waals surface area contributed by atoms with E-state index >= 15 is 0 Å². The minimum Gasteiger partial charge on any atom is -0.302 e. The summed E-state index contributed by atoms with van der Waals surface area (Å²) in [5.41, 5.74) is 1.80. The number of carbonyl (C=O) groups excluding carboxylic acids is 2. The van der Waals surface area contributed by atoms with Gasteiger partial charge in [0.05, 0.1) is 11.4 Å². The Morgan fingerprint density at radius 1 is 0.958 bits per heavy atom. The molecule has 0 radical (unpaired) electrons. The van der Waals surface area contributed by atoms with Crippen molar-refractivity contribution < 1.29 is 9.59 Å². The summed E-state index contributed by atoms with van der Waals surface area (Å²) in [4.78, 5) is 33.4. The summed E-state index contributed by atoms with van der Waals surface area (Å²) in [5.74, 6) is -0.354. The molecule has 2 heterocycles. The van der Waals surface area contributed by atoms with Crippen molar-refractivity contribution in [1.29, 1.82) is 0 Å². The summed E-state index contributed by atoms with van der Waals surface area (Å²) < 4.78 is 0. The Bertz CT molecular complexity index is 680. The van der Waals surface area contributed by atoms with Crippen molar-refractivity contribution in [2.24, 2.45) is 11.8 Å². The van der Waals surface area contributed by atoms with Gasteiger partial charge < -0.3 is 10.6 Å². The number of nitrogens with one attached hydrogen (secondary N) is 2. The quantitative estimate of drug-likeness (QED) is 0.868. The Labute approximate surface area is 148 Å². The maximum atomic E-state index is 12.4. The molecule has 2 aromatic heterocycles. The van der Waals surface area contributed by atoms with Gasteiger partial charge in [0.15, 0.2) is 10.3 Å². The molecular weight excluding hydrogens is 344 g/mol. The van der Waals surface area contributed by atoms with Crippen LogP contribution in [0.4, 0.5) is 10.3 Å². The fourth-order valence-electron chi connectivity index (χ4n) is 2.90. The normalized spacial score (nSPS) is 20.6. The van der Waals surface area contributed by atoms with Gasteiger partial charge in [-0.25, -0.2) is 9.97 Å². The van der Waals surface area contributed by atoms with Gasteiger partial charge in [-0.15, -0.1) is 22.7 Å². The van der Waals surface area contributed by atoms with Gasteiger partial charge in [0.25, 0.3) is 0 Å². The number of anilines is 2. The van der Waals surface area contributed by atoms with Crippen LogP contribution in [0.15, 0.2) is 10.8 Å². The second kappa shape index (κ2) is 7.40. The molecule has 2 amide bonds. The van der Waals surface area contributed by atoms with Crippen LogP contribution in [0.5, 0.6) is 0 Å². The molecule has 1 aliphatic rings. The molecule has 0 aromatic carbocycles. The lowest BCUT2D eigenvalue weighted by atomic mass is 9.80. The molecule has 2 unspecified atom stereocenters. The topological polar surface area (TPSA) is 84.0 Å². The first-order chi connectivity index (χ1) is 11.5. The lowest BCUT2D eigenvalue weighted by molar-refractivity contribution is -0.124. The number of amides is 2. The molecular formula is C16H20N4O2S2. The molecule has 8 heteroatoms. The molecule has 1 aliphatic carbocycles. The Morgan fingerprint density at radius 3 is 1.79 bits per heavy atom. The fraction of sp³-hybridized carbons (Fsp3) is 0.500. The first kappa shape index (κ1) is 17.0. The standard InChI is InChI=1S/C16H20N4O2S2/c1-9-7-23-15(17-9)19-13(21)11-4-3-5-12(6-11)14(22)20-16-18-10(2)8-24-16/h7-8,11-12H,3-6H2,1-2H3,(H,17,19,21)(H,18,20,22). The van der Waals surface area contributed by atoms with Crippen molar-refractivity contribution in [2.45, 2.75) is 39.5 Å². The molecule has 0 bridgehead atoms. The maximum Gasteiger partial charge on any atom is 0.229 e. The molecule has 0 aliphatic heterocycles. The summed E-state index contributed by atoms with van der Waals surface area (Å²) in [5, 5.41) is 10.8. The number of aryl methyl sites for hydroxylation is 2. The van der Waals surface area contributed by atoms with E-state index in [1.54, 1.807) is 0 Å². The smallest absolute Gasteiger partial charge is 0.229 e. The predicted octanol–water partition coefficient (Wildman–Crippen LogP) is 3.60. The number of nitrogens with zero attached hydrogens (tertiary/aromatic N) is 2. The Balaban J connectivity index is 1.57. The van der Waals surface area contributed by atoms with Crippen molar-refractivity contribution in [2.75, 3.05) is 10.6 Å². The van der Waals surface area contributed by atoms with Crippen molar-refractivity contribution in [1.82, 2.24) is 9.97 Å². The fourth-order valence-corrected chi connectivity index (χ4v) is 4.29. The molecule has 0 spiro atoms. The van der Waals surface area contributed by atoms with Crippen LogP contribution in [0.2, 0.25) is 0 Å². The monoisotopic (exact) mass is 364 g/mol. The van der Waals surface area contributed by atoms with Crippen molar-refractivity contribution in [3.8, 4) is 0 Å². The van der Waals surface area contributed by atoms with Gasteiger partial charge in [0.1, 0.15) is 0 Å². The van der Waals surface area contributed by atoms with E-state index in [4.69, 9.17) is 0 Å². The number of carbonyl (C=O) groups is 2. The summed E-state index contributed by atoms with van der Waals surface area (Å²) in [6.07, 6.45) is 3.09.